The van der Waals surface area contributed by atoms with E-state index in [-0.39, 0.29) is 5.38 Å². The van der Waals surface area contributed by atoms with Crippen LogP contribution in [-0.2, 0) is 6.42 Å². The molecule has 16 heavy (non-hydrogen) atoms. The first-order valence-electron chi connectivity index (χ1n) is 6.24. The molecule has 0 saturated heterocycles. The van der Waals surface area contributed by atoms with Crippen LogP contribution in [0.1, 0.15) is 69.5 Å². The molecule has 0 aromatic carbocycles. The topological polar surface area (TPSA) is 38.9 Å². The summed E-state index contributed by atoms with van der Waals surface area (Å²) >= 11 is 6.12. The average molecular weight is 245 g/mol. The standard InChI is InChI=1S/C12H21ClN2O/c1-3-5-6-7-9-11-14-12(15-16-11)10(13)8-4-2/h10H,3-9H2,1-2H3. The Bertz CT molecular complexity index is 288. The lowest BCUT2D eigenvalue weighted by atomic mass is 10.1. The van der Waals surface area contributed by atoms with Gasteiger partial charge in [0.1, 0.15) is 0 Å². The van der Waals surface area contributed by atoms with Crippen LogP contribution in [0.2, 0.25) is 0 Å². The molecule has 0 aliphatic carbocycles. The van der Waals surface area contributed by atoms with Crippen LogP contribution >= 0.6 is 11.6 Å². The zero-order valence-corrected chi connectivity index (χ0v) is 11.0. The van der Waals surface area contributed by atoms with E-state index in [0.29, 0.717) is 5.82 Å². The molecule has 4 heteroatoms. The number of unbranched alkanes of at least 4 members (excludes halogenated alkanes) is 3. The molecule has 0 fully saturated rings. The van der Waals surface area contributed by atoms with Crippen LogP contribution in [0.4, 0.5) is 0 Å². The van der Waals surface area contributed by atoms with Crippen molar-refractivity contribution in [3.63, 3.8) is 0 Å². The van der Waals surface area contributed by atoms with Crippen LogP contribution < -0.4 is 0 Å². The monoisotopic (exact) mass is 244 g/mol. The molecule has 0 saturated carbocycles. The average Bonchev–Trinajstić information content (AvgIpc) is 2.73. The van der Waals surface area contributed by atoms with Gasteiger partial charge in [-0.15, -0.1) is 11.6 Å². The van der Waals surface area contributed by atoms with Gasteiger partial charge in [0.25, 0.3) is 0 Å². The highest BCUT2D eigenvalue weighted by Crippen LogP contribution is 2.22. The Labute approximate surface area is 103 Å². The highest BCUT2D eigenvalue weighted by Gasteiger charge is 2.14. The molecule has 0 spiro atoms. The van der Waals surface area contributed by atoms with Crippen LogP contribution in [0.3, 0.4) is 0 Å². The first kappa shape index (κ1) is 13.5. The van der Waals surface area contributed by atoms with Gasteiger partial charge in [-0.05, 0) is 12.8 Å². The molecule has 0 amide bonds. The van der Waals surface area contributed by atoms with Crippen molar-refractivity contribution in [2.45, 2.75) is 64.2 Å². The SMILES string of the molecule is CCCCCCc1nc(C(Cl)CCC)no1. The number of halogens is 1. The van der Waals surface area contributed by atoms with Gasteiger partial charge in [0.2, 0.25) is 5.89 Å². The fraction of sp³-hybridized carbons (Fsp3) is 0.833. The Kier molecular flexibility index (Phi) is 6.46. The summed E-state index contributed by atoms with van der Waals surface area (Å²) in [5.41, 5.74) is 0. The predicted molar refractivity (Wildman–Crippen MR) is 65.6 cm³/mol. The molecule has 1 unspecified atom stereocenters. The van der Waals surface area contributed by atoms with E-state index >= 15 is 0 Å². The van der Waals surface area contributed by atoms with Gasteiger partial charge in [0.05, 0.1) is 5.38 Å². The van der Waals surface area contributed by atoms with Gasteiger partial charge in [-0.1, -0.05) is 44.7 Å². The number of rotatable bonds is 8. The third-order valence-corrected chi connectivity index (χ3v) is 2.96. The normalized spacial score (nSPS) is 12.9. The number of hydrogen-bond acceptors (Lipinski definition) is 3. The van der Waals surface area contributed by atoms with Crippen LogP contribution in [0, 0.1) is 0 Å². The van der Waals surface area contributed by atoms with Crippen molar-refractivity contribution in [3.8, 4) is 0 Å². The Morgan fingerprint density at radius 3 is 2.69 bits per heavy atom. The van der Waals surface area contributed by atoms with Crippen LogP contribution in [-0.4, -0.2) is 10.1 Å². The van der Waals surface area contributed by atoms with E-state index in [2.05, 4.69) is 24.0 Å². The van der Waals surface area contributed by atoms with Gasteiger partial charge in [-0.25, -0.2) is 0 Å². The number of alkyl halides is 1. The lowest BCUT2D eigenvalue weighted by molar-refractivity contribution is 0.367. The van der Waals surface area contributed by atoms with Gasteiger partial charge in [-0.2, -0.15) is 4.98 Å². The highest BCUT2D eigenvalue weighted by molar-refractivity contribution is 6.20. The van der Waals surface area contributed by atoms with Crippen molar-refractivity contribution in [2.75, 3.05) is 0 Å². The second-order valence-electron chi connectivity index (χ2n) is 4.11. The van der Waals surface area contributed by atoms with E-state index in [1.54, 1.807) is 0 Å². The molecule has 0 radical (unpaired) electrons. The second-order valence-corrected chi connectivity index (χ2v) is 4.64. The lowest BCUT2D eigenvalue weighted by Gasteiger charge is -1.99. The minimum absolute atomic E-state index is 0.0989. The quantitative estimate of drug-likeness (QED) is 0.506. The van der Waals surface area contributed by atoms with E-state index in [1.807, 2.05) is 0 Å². The van der Waals surface area contributed by atoms with Gasteiger partial charge < -0.3 is 4.52 Å². The Morgan fingerprint density at radius 1 is 1.19 bits per heavy atom. The van der Waals surface area contributed by atoms with Crippen molar-refractivity contribution in [1.29, 1.82) is 0 Å². The Morgan fingerprint density at radius 2 is 2.00 bits per heavy atom. The van der Waals surface area contributed by atoms with Gasteiger partial charge in [0, 0.05) is 6.42 Å². The number of nitrogens with zero attached hydrogens (tertiary/aromatic N) is 2. The van der Waals surface area contributed by atoms with Crippen molar-refractivity contribution < 1.29 is 4.52 Å². The highest BCUT2D eigenvalue weighted by atomic mass is 35.5. The maximum Gasteiger partial charge on any atom is 0.226 e. The molecule has 1 aromatic rings. The molecule has 1 rings (SSSR count). The smallest absolute Gasteiger partial charge is 0.226 e. The Hall–Kier alpha value is -0.570. The van der Waals surface area contributed by atoms with E-state index in [4.69, 9.17) is 16.1 Å². The molecule has 3 nitrogen and oxygen atoms in total. The molecular weight excluding hydrogens is 224 g/mol. The molecular formula is C12H21ClN2O. The molecule has 1 atom stereocenters. The van der Waals surface area contributed by atoms with E-state index in [9.17, 15) is 0 Å². The zero-order chi connectivity index (χ0) is 11.8. The van der Waals surface area contributed by atoms with Crippen molar-refractivity contribution in [2.24, 2.45) is 0 Å². The molecule has 1 heterocycles. The number of aryl methyl sites for hydroxylation is 1. The summed E-state index contributed by atoms with van der Waals surface area (Å²) in [5, 5.41) is 3.82. The molecule has 92 valence electrons. The third kappa shape index (κ3) is 4.52. The Balaban J connectivity index is 2.33. The maximum atomic E-state index is 6.12. The molecule has 0 aliphatic rings. The van der Waals surface area contributed by atoms with E-state index < -0.39 is 0 Å². The molecule has 0 bridgehead atoms. The first-order chi connectivity index (χ1) is 7.77. The van der Waals surface area contributed by atoms with Gasteiger partial charge >= 0.3 is 0 Å². The van der Waals surface area contributed by atoms with Gasteiger partial charge in [-0.3, -0.25) is 0 Å². The summed E-state index contributed by atoms with van der Waals surface area (Å²) in [4.78, 5) is 4.32. The predicted octanol–water partition coefficient (Wildman–Crippen LogP) is 4.27. The van der Waals surface area contributed by atoms with Crippen molar-refractivity contribution >= 4 is 11.6 Å². The summed E-state index contributed by atoms with van der Waals surface area (Å²) in [6.07, 6.45) is 7.68. The zero-order valence-electron chi connectivity index (χ0n) is 10.2. The molecule has 1 aromatic heterocycles. The largest absolute Gasteiger partial charge is 0.339 e. The maximum absolute atomic E-state index is 6.12. The summed E-state index contributed by atoms with van der Waals surface area (Å²) in [6.45, 7) is 4.30. The minimum atomic E-state index is -0.0989. The van der Waals surface area contributed by atoms with Gasteiger partial charge in [0.15, 0.2) is 5.82 Å². The summed E-state index contributed by atoms with van der Waals surface area (Å²) < 4.78 is 5.17. The van der Waals surface area contributed by atoms with Crippen molar-refractivity contribution in [3.05, 3.63) is 11.7 Å². The fourth-order valence-corrected chi connectivity index (χ4v) is 1.89. The van der Waals surface area contributed by atoms with E-state index in [1.165, 1.54) is 19.3 Å². The van der Waals surface area contributed by atoms with Crippen LogP contribution in [0.15, 0.2) is 4.52 Å². The van der Waals surface area contributed by atoms with Crippen molar-refractivity contribution in [1.82, 2.24) is 10.1 Å². The second kappa shape index (κ2) is 7.66. The summed E-state index contributed by atoms with van der Waals surface area (Å²) in [6, 6.07) is 0. The number of aromatic nitrogens is 2. The summed E-state index contributed by atoms with van der Waals surface area (Å²) in [7, 11) is 0. The minimum Gasteiger partial charge on any atom is -0.339 e. The first-order valence-corrected chi connectivity index (χ1v) is 6.68. The van der Waals surface area contributed by atoms with E-state index in [0.717, 1.165) is 31.6 Å². The fourth-order valence-electron chi connectivity index (χ4n) is 1.58. The molecule has 0 aliphatic heterocycles. The third-order valence-electron chi connectivity index (χ3n) is 2.55. The van der Waals surface area contributed by atoms with Crippen LogP contribution in [0.25, 0.3) is 0 Å². The summed E-state index contributed by atoms with van der Waals surface area (Å²) in [5.74, 6) is 1.38. The van der Waals surface area contributed by atoms with Crippen LogP contribution in [0.5, 0.6) is 0 Å². The number of hydrogen-bond donors (Lipinski definition) is 0. The molecule has 0 N–H and O–H groups in total. The lowest BCUT2D eigenvalue weighted by Crippen LogP contribution is -1.93.